The lowest BCUT2D eigenvalue weighted by Gasteiger charge is -2.55. The van der Waals surface area contributed by atoms with Crippen LogP contribution in [0.25, 0.3) is 0 Å². The van der Waals surface area contributed by atoms with Gasteiger partial charge in [-0.25, -0.2) is 0 Å². The van der Waals surface area contributed by atoms with Crippen molar-refractivity contribution >= 4 is 54.7 Å². The summed E-state index contributed by atoms with van der Waals surface area (Å²) in [5, 5.41) is 24.5. The van der Waals surface area contributed by atoms with Crippen LogP contribution >= 0.6 is 10.8 Å². The first-order valence-corrected chi connectivity index (χ1v) is 18.9. The molecule has 42 heavy (non-hydrogen) atoms. The average molecular weight is 653 g/mol. The average Bonchev–Trinajstić information content (AvgIpc) is 3.28. The Morgan fingerprint density at radius 2 is 1.52 bits per heavy atom. The van der Waals surface area contributed by atoms with Crippen LogP contribution in [0.2, 0.25) is 0 Å². The number of rotatable bonds is 13. The molecule has 1 saturated carbocycles. The zero-order chi connectivity index (χ0) is 32.9. The molecule has 0 spiro atoms. The van der Waals surface area contributed by atoms with E-state index < -0.39 is 82.6 Å². The van der Waals surface area contributed by atoms with E-state index in [1.807, 2.05) is 0 Å². The minimum absolute atomic E-state index is 0.359. The molecule has 13 heteroatoms. The van der Waals surface area contributed by atoms with Gasteiger partial charge in [-0.15, -0.1) is 0 Å². The van der Waals surface area contributed by atoms with Gasteiger partial charge in [-0.2, -0.15) is 4.79 Å². The zero-order valence-electron chi connectivity index (χ0n) is 26.9. The topological polar surface area (TPSA) is 176 Å². The lowest BCUT2D eigenvalue weighted by atomic mass is 9.50. The van der Waals surface area contributed by atoms with Gasteiger partial charge >= 0.3 is 11.3 Å². The maximum absolute atomic E-state index is 14.1. The Balaban J connectivity index is 3.47. The van der Waals surface area contributed by atoms with Crippen molar-refractivity contribution in [3.63, 3.8) is 0 Å². The van der Waals surface area contributed by atoms with Crippen molar-refractivity contribution in [1.29, 1.82) is 0 Å². The Kier molecular flexibility index (Phi) is 13.5. The van der Waals surface area contributed by atoms with Crippen molar-refractivity contribution in [2.45, 2.75) is 118 Å². The summed E-state index contributed by atoms with van der Waals surface area (Å²) >= 11 is 0. The van der Waals surface area contributed by atoms with E-state index in [0.29, 0.717) is 50.0 Å². The Morgan fingerprint density at radius 3 is 1.90 bits per heavy atom. The minimum atomic E-state index is -1.94. The number of amides is 1. The van der Waals surface area contributed by atoms with E-state index in [-0.39, 0.29) is 0 Å². The SMILES string of the molecule is CS(=O)CCCC[S+](SC(N)C1(C(=O)NC(C(=O)[O-])C(C(=O)O)(C(C)(C)C)C(C)(C)C)CCCC1)C(=O)OC(C)(C)C. The van der Waals surface area contributed by atoms with Gasteiger partial charge in [0.2, 0.25) is 5.91 Å². The Hall–Kier alpha value is -1.31. The predicted molar refractivity (Wildman–Crippen MR) is 169 cm³/mol. The van der Waals surface area contributed by atoms with Gasteiger partial charge in [0.05, 0.1) is 17.4 Å². The van der Waals surface area contributed by atoms with Crippen LogP contribution in [0.1, 0.15) is 101 Å². The fourth-order valence-corrected chi connectivity index (χ4v) is 11.1. The summed E-state index contributed by atoms with van der Waals surface area (Å²) in [7, 11) is -0.851. The Labute approximate surface area is 260 Å². The first-order valence-electron chi connectivity index (χ1n) is 14.4. The van der Waals surface area contributed by atoms with E-state index in [0.717, 1.165) is 10.8 Å². The number of nitrogens with one attached hydrogen (secondary N) is 1. The molecule has 0 saturated heterocycles. The number of aliphatic carboxylic acids is 2. The molecular weight excluding hydrogens is 601 g/mol. The fraction of sp³-hybridized carbons (Fsp3) is 0.862. The third-order valence-corrected chi connectivity index (χ3v) is 13.0. The van der Waals surface area contributed by atoms with Crippen molar-refractivity contribution in [2.75, 3.05) is 17.8 Å². The molecule has 0 aromatic heterocycles. The van der Waals surface area contributed by atoms with Crippen LogP contribution in [-0.2, 0) is 39.8 Å². The van der Waals surface area contributed by atoms with Crippen LogP contribution < -0.4 is 16.2 Å². The van der Waals surface area contributed by atoms with Crippen LogP contribution in [0, 0.1) is 21.7 Å². The second-order valence-corrected chi connectivity index (χ2v) is 19.7. The molecule has 10 nitrogen and oxygen atoms in total. The summed E-state index contributed by atoms with van der Waals surface area (Å²) < 4.78 is 17.2. The van der Waals surface area contributed by atoms with E-state index in [1.54, 1.807) is 68.6 Å². The summed E-state index contributed by atoms with van der Waals surface area (Å²) in [5.41, 5.74) is 0.643. The smallest absolute Gasteiger partial charge is 0.539 e. The summed E-state index contributed by atoms with van der Waals surface area (Å²) in [4.78, 5) is 52.9. The first-order chi connectivity index (χ1) is 18.9. The Bertz CT molecular complexity index is 994. The van der Waals surface area contributed by atoms with Crippen molar-refractivity contribution in [2.24, 2.45) is 27.4 Å². The molecule has 0 radical (unpaired) electrons. The summed E-state index contributed by atoms with van der Waals surface area (Å²) in [6, 6.07) is -1.85. The molecule has 1 aliphatic carbocycles. The fourth-order valence-electron chi connectivity index (χ4n) is 6.24. The lowest BCUT2D eigenvalue weighted by Crippen LogP contribution is -2.70. The van der Waals surface area contributed by atoms with Gasteiger partial charge in [-0.1, -0.05) is 54.4 Å². The van der Waals surface area contributed by atoms with Gasteiger partial charge in [0.1, 0.15) is 32.9 Å². The molecule has 0 heterocycles. The number of nitrogens with two attached hydrogens (primary N) is 1. The number of hydrogen-bond acceptors (Lipinski definition) is 9. The van der Waals surface area contributed by atoms with Gasteiger partial charge in [-0.05, 0) is 57.3 Å². The molecule has 0 aromatic rings. The van der Waals surface area contributed by atoms with Crippen molar-refractivity contribution < 1.29 is 38.3 Å². The van der Waals surface area contributed by atoms with E-state index in [9.17, 15) is 33.6 Å². The third kappa shape index (κ3) is 9.11. The maximum Gasteiger partial charge on any atom is 0.539 e. The van der Waals surface area contributed by atoms with Crippen molar-refractivity contribution in [3.8, 4) is 0 Å². The van der Waals surface area contributed by atoms with Crippen LogP contribution in [0.4, 0.5) is 4.79 Å². The van der Waals surface area contributed by atoms with E-state index in [1.165, 1.54) is 0 Å². The maximum atomic E-state index is 14.1. The summed E-state index contributed by atoms with van der Waals surface area (Å²) in [6.07, 6.45) is 4.95. The normalized spacial score (nSPS) is 18.9. The highest BCUT2D eigenvalue weighted by Gasteiger charge is 2.63. The van der Waals surface area contributed by atoms with Crippen LogP contribution in [0.3, 0.4) is 0 Å². The lowest BCUT2D eigenvalue weighted by molar-refractivity contribution is -0.315. The first kappa shape index (κ1) is 38.7. The highest BCUT2D eigenvalue weighted by Crippen LogP contribution is 2.55. The third-order valence-electron chi connectivity index (χ3n) is 7.95. The number of carboxylic acid groups (broad SMARTS) is 2. The van der Waals surface area contributed by atoms with E-state index >= 15 is 0 Å². The summed E-state index contributed by atoms with van der Waals surface area (Å²) in [5.74, 6) is -2.75. The number of carboxylic acids is 2. The standard InChI is InChI=1S/C29H52N2O8S3/c1-25(2,3)29(23(35)36,26(4,5)6)19(20(32)33)31-22(34)28(15-11-12-16-28)21(30)40-42(18-14-13-17-41(10)38)24(37)39-27(7,8)9/h19,21H,11-18,30H2,1-10H3,(H2-,31,32,33,34,35,36). The van der Waals surface area contributed by atoms with E-state index in [2.05, 4.69) is 5.32 Å². The van der Waals surface area contributed by atoms with Crippen LogP contribution in [0.5, 0.6) is 0 Å². The molecule has 0 bridgehead atoms. The van der Waals surface area contributed by atoms with Crippen molar-refractivity contribution in [1.82, 2.24) is 5.32 Å². The highest BCUT2D eigenvalue weighted by atomic mass is 33.1. The van der Waals surface area contributed by atoms with Gasteiger partial charge < -0.3 is 30.8 Å². The van der Waals surface area contributed by atoms with Gasteiger partial charge in [-0.3, -0.25) is 13.8 Å². The molecule has 4 N–H and O–H groups in total. The second-order valence-electron chi connectivity index (χ2n) is 14.2. The van der Waals surface area contributed by atoms with Gasteiger partial charge in [0.15, 0.2) is 9.93 Å². The molecular formula is C29H52N2O8S3. The molecule has 4 unspecified atom stereocenters. The molecule has 4 atom stereocenters. The molecule has 0 aliphatic heterocycles. The largest absolute Gasteiger partial charge is 0.548 e. The zero-order valence-corrected chi connectivity index (χ0v) is 29.4. The number of ether oxygens (including phenoxy) is 1. The van der Waals surface area contributed by atoms with Crippen LogP contribution in [-0.4, -0.2) is 67.2 Å². The predicted octanol–water partition coefficient (Wildman–Crippen LogP) is 3.59. The summed E-state index contributed by atoms with van der Waals surface area (Å²) in [6.45, 7) is 15.1. The second kappa shape index (κ2) is 14.6. The number of carbonyl (C=O) groups excluding carboxylic acids is 3. The quantitative estimate of drug-likeness (QED) is 0.0876. The van der Waals surface area contributed by atoms with Crippen molar-refractivity contribution in [3.05, 3.63) is 0 Å². The molecule has 1 fully saturated rings. The highest BCUT2D eigenvalue weighted by molar-refractivity contribution is 8.79. The van der Waals surface area contributed by atoms with Crippen LogP contribution in [0.15, 0.2) is 0 Å². The van der Waals surface area contributed by atoms with Gasteiger partial charge in [0.25, 0.3) is 0 Å². The monoisotopic (exact) mass is 652 g/mol. The number of hydrogen-bond donors (Lipinski definition) is 3. The molecule has 244 valence electrons. The molecule has 1 aliphatic rings. The molecule has 0 aromatic carbocycles. The number of unbranched alkanes of at least 4 members (excludes halogenated alkanes) is 1. The Morgan fingerprint density at radius 1 is 1.02 bits per heavy atom. The number of carbonyl (C=O) groups is 4. The molecule has 1 amide bonds. The minimum Gasteiger partial charge on any atom is -0.548 e. The molecule has 1 rings (SSSR count). The van der Waals surface area contributed by atoms with E-state index in [4.69, 9.17) is 10.5 Å². The van der Waals surface area contributed by atoms with Gasteiger partial charge in [0, 0.05) is 22.8 Å².